The van der Waals surface area contributed by atoms with Crippen molar-refractivity contribution in [2.24, 2.45) is 0 Å². The van der Waals surface area contributed by atoms with Crippen LogP contribution < -0.4 is 5.32 Å². The third-order valence-corrected chi connectivity index (χ3v) is 8.18. The summed E-state index contributed by atoms with van der Waals surface area (Å²) in [6.45, 7) is 0.887. The highest BCUT2D eigenvalue weighted by molar-refractivity contribution is 7.15. The van der Waals surface area contributed by atoms with Gasteiger partial charge in [0.25, 0.3) is 5.92 Å². The number of alkyl halides is 4. The van der Waals surface area contributed by atoms with Gasteiger partial charge in [0.2, 0.25) is 0 Å². The van der Waals surface area contributed by atoms with Gasteiger partial charge in [0, 0.05) is 53.3 Å². The number of nitrogens with one attached hydrogen (secondary N) is 2. The largest absolute Gasteiger partial charge is 0.390 e. The summed E-state index contributed by atoms with van der Waals surface area (Å²) >= 11 is 1.32. The number of aromatic amines is 1. The van der Waals surface area contributed by atoms with Crippen molar-refractivity contribution in [3.05, 3.63) is 46.6 Å². The van der Waals surface area contributed by atoms with Crippen molar-refractivity contribution in [2.45, 2.75) is 50.0 Å². The van der Waals surface area contributed by atoms with Crippen LogP contribution >= 0.6 is 11.3 Å². The molecule has 0 spiro atoms. The normalized spacial score (nSPS) is 25.5. The van der Waals surface area contributed by atoms with Gasteiger partial charge in [-0.2, -0.15) is 0 Å². The lowest BCUT2D eigenvalue weighted by molar-refractivity contribution is -0.0862. The Labute approximate surface area is 211 Å². The maximum absolute atomic E-state index is 14.6. The second-order valence-corrected chi connectivity index (χ2v) is 10.9. The van der Waals surface area contributed by atoms with Crippen LogP contribution in [0, 0.1) is 0 Å². The Morgan fingerprint density at radius 3 is 2.86 bits per heavy atom. The number of benzene rings is 1. The highest BCUT2D eigenvalue weighted by atomic mass is 32.1. The fraction of sp³-hybridized carbons (Fsp3) is 0.560. The molecule has 2 aliphatic rings. The number of aliphatic hydroxyl groups is 1. The zero-order valence-electron chi connectivity index (χ0n) is 20.1. The van der Waals surface area contributed by atoms with Gasteiger partial charge in [-0.3, -0.25) is 14.2 Å². The Balaban J connectivity index is 1.45. The highest BCUT2D eigenvalue weighted by Crippen LogP contribution is 2.44. The highest BCUT2D eigenvalue weighted by Gasteiger charge is 2.42. The number of thiazole rings is 1. The Morgan fingerprint density at radius 2 is 2.08 bits per heavy atom. The van der Waals surface area contributed by atoms with E-state index in [-0.39, 0.29) is 12.6 Å². The lowest BCUT2D eigenvalue weighted by Crippen LogP contribution is -2.49. The van der Waals surface area contributed by atoms with E-state index in [2.05, 4.69) is 15.3 Å². The molecule has 0 bridgehead atoms. The summed E-state index contributed by atoms with van der Waals surface area (Å²) in [6.07, 6.45) is 1.54. The lowest BCUT2D eigenvalue weighted by Gasteiger charge is -2.41. The minimum atomic E-state index is -3.25. The Bertz CT molecular complexity index is 1190. The van der Waals surface area contributed by atoms with E-state index in [1.807, 2.05) is 36.1 Å². The minimum absolute atomic E-state index is 0.202. The van der Waals surface area contributed by atoms with Crippen molar-refractivity contribution < 1.29 is 22.7 Å². The van der Waals surface area contributed by atoms with Gasteiger partial charge in [-0.15, -0.1) is 11.3 Å². The van der Waals surface area contributed by atoms with Crippen molar-refractivity contribution in [3.8, 4) is 0 Å². The number of nitrogens with zero attached hydrogens (tertiary/aromatic N) is 3. The first kappa shape index (κ1) is 25.4. The SMILES string of the molecule is C[C@@H]1Cc2c([nH]c3ccccc23)[C@@H](c2cnc(N[C@H]3CN(CCCF)C[C@H]3F)s2)N1CC(F)(F)CO. The van der Waals surface area contributed by atoms with Gasteiger partial charge in [-0.25, -0.2) is 18.2 Å². The van der Waals surface area contributed by atoms with Crippen molar-refractivity contribution in [1.82, 2.24) is 19.8 Å². The van der Waals surface area contributed by atoms with Crippen LogP contribution in [-0.4, -0.2) is 88.5 Å². The number of rotatable bonds is 9. The quantitative estimate of drug-likeness (QED) is 0.362. The lowest BCUT2D eigenvalue weighted by atomic mass is 9.91. The van der Waals surface area contributed by atoms with Crippen LogP contribution in [0.25, 0.3) is 10.9 Å². The van der Waals surface area contributed by atoms with Gasteiger partial charge >= 0.3 is 0 Å². The monoisotopic (exact) mass is 525 g/mol. The van der Waals surface area contributed by atoms with E-state index >= 15 is 0 Å². The third kappa shape index (κ3) is 4.98. The molecule has 0 saturated carbocycles. The van der Waals surface area contributed by atoms with Crippen LogP contribution in [-0.2, 0) is 6.42 Å². The predicted molar refractivity (Wildman–Crippen MR) is 133 cm³/mol. The van der Waals surface area contributed by atoms with Crippen molar-refractivity contribution >= 4 is 27.4 Å². The summed E-state index contributed by atoms with van der Waals surface area (Å²) in [4.78, 5) is 12.3. The Kier molecular flexibility index (Phi) is 7.26. The summed E-state index contributed by atoms with van der Waals surface area (Å²) < 4.78 is 56.0. The molecule has 6 nitrogen and oxygen atoms in total. The predicted octanol–water partition coefficient (Wildman–Crippen LogP) is 4.38. The molecule has 0 aliphatic carbocycles. The molecule has 36 heavy (non-hydrogen) atoms. The number of anilines is 1. The number of para-hydroxylation sites is 1. The number of hydrogen-bond acceptors (Lipinski definition) is 6. The van der Waals surface area contributed by atoms with E-state index in [0.717, 1.165) is 27.0 Å². The van der Waals surface area contributed by atoms with Crippen LogP contribution in [0.4, 0.5) is 22.7 Å². The summed E-state index contributed by atoms with van der Waals surface area (Å²) in [7, 11) is 0. The topological polar surface area (TPSA) is 67.4 Å². The fourth-order valence-electron chi connectivity index (χ4n) is 5.46. The first-order valence-corrected chi connectivity index (χ1v) is 13.1. The fourth-order valence-corrected chi connectivity index (χ4v) is 6.47. The minimum Gasteiger partial charge on any atom is -0.390 e. The number of fused-ring (bicyclic) bond motifs is 3. The molecule has 11 heteroatoms. The number of aliphatic hydroxyl groups excluding tert-OH is 1. The number of aromatic nitrogens is 2. The molecule has 4 heterocycles. The van der Waals surface area contributed by atoms with E-state index < -0.39 is 44.0 Å². The zero-order chi connectivity index (χ0) is 25.4. The molecule has 1 aromatic carbocycles. The van der Waals surface area contributed by atoms with E-state index in [1.54, 1.807) is 11.1 Å². The average molecular weight is 526 g/mol. The van der Waals surface area contributed by atoms with Gasteiger partial charge < -0.3 is 15.4 Å². The second-order valence-electron chi connectivity index (χ2n) is 9.84. The summed E-state index contributed by atoms with van der Waals surface area (Å²) in [6, 6.07) is 6.72. The van der Waals surface area contributed by atoms with Crippen LogP contribution in [0.2, 0.25) is 0 Å². The van der Waals surface area contributed by atoms with Crippen LogP contribution in [0.1, 0.15) is 35.5 Å². The molecule has 3 N–H and O–H groups in total. The van der Waals surface area contributed by atoms with Crippen LogP contribution in [0.3, 0.4) is 0 Å². The Morgan fingerprint density at radius 1 is 1.28 bits per heavy atom. The van der Waals surface area contributed by atoms with E-state index in [4.69, 9.17) is 0 Å². The molecule has 0 unspecified atom stereocenters. The third-order valence-electron chi connectivity index (χ3n) is 7.20. The summed E-state index contributed by atoms with van der Waals surface area (Å²) in [5, 5.41) is 14.0. The summed E-state index contributed by atoms with van der Waals surface area (Å²) in [5.74, 6) is -3.25. The average Bonchev–Trinajstić information content (AvgIpc) is 3.56. The van der Waals surface area contributed by atoms with Crippen LogP contribution in [0.15, 0.2) is 30.5 Å². The number of halogens is 4. The van der Waals surface area contributed by atoms with E-state index in [0.29, 0.717) is 31.1 Å². The molecular weight excluding hydrogens is 494 g/mol. The van der Waals surface area contributed by atoms with Crippen molar-refractivity contribution in [1.29, 1.82) is 0 Å². The van der Waals surface area contributed by atoms with E-state index in [1.165, 1.54) is 11.3 Å². The van der Waals surface area contributed by atoms with Crippen molar-refractivity contribution in [2.75, 3.05) is 44.8 Å². The molecule has 2 aliphatic heterocycles. The number of hydrogen-bond donors (Lipinski definition) is 3. The second kappa shape index (κ2) is 10.3. The maximum atomic E-state index is 14.6. The van der Waals surface area contributed by atoms with E-state index in [9.17, 15) is 22.7 Å². The smallest absolute Gasteiger partial charge is 0.283 e. The molecule has 5 rings (SSSR count). The molecule has 0 amide bonds. The maximum Gasteiger partial charge on any atom is 0.283 e. The van der Waals surface area contributed by atoms with Gasteiger partial charge in [0.15, 0.2) is 5.13 Å². The molecular formula is C25H31F4N5OS. The van der Waals surface area contributed by atoms with Gasteiger partial charge in [0.05, 0.1) is 25.3 Å². The molecule has 2 aromatic heterocycles. The first-order valence-electron chi connectivity index (χ1n) is 12.3. The number of H-pyrrole nitrogens is 1. The summed E-state index contributed by atoms with van der Waals surface area (Å²) in [5.41, 5.74) is 2.88. The molecule has 196 valence electrons. The molecule has 4 atom stereocenters. The molecule has 3 aromatic rings. The number of likely N-dealkylation sites (tertiary alicyclic amines) is 1. The molecule has 0 radical (unpaired) electrons. The first-order chi connectivity index (χ1) is 17.3. The Hall–Kier alpha value is -2.21. The molecule has 1 fully saturated rings. The van der Waals surface area contributed by atoms with Gasteiger partial charge in [-0.05, 0) is 31.4 Å². The molecule has 1 saturated heterocycles. The van der Waals surface area contributed by atoms with Crippen LogP contribution in [0.5, 0.6) is 0 Å². The van der Waals surface area contributed by atoms with Gasteiger partial charge in [-0.1, -0.05) is 18.2 Å². The van der Waals surface area contributed by atoms with Gasteiger partial charge in [0.1, 0.15) is 12.8 Å². The zero-order valence-corrected chi connectivity index (χ0v) is 20.9. The standard InChI is InChI=1S/C25H31F4N5OS/c1-15-9-17-16-5-2-3-6-19(16)31-22(17)23(34(15)13-25(28,29)14-35)21-10-30-24(36-21)32-20-12-33(8-4-7-26)11-18(20)27/h2-3,5-6,10,15,18,20,23,31,35H,4,7-9,11-14H2,1H3,(H,30,32)/t15-,18-,20+,23-/m1/s1. The van der Waals surface area contributed by atoms with Crippen molar-refractivity contribution in [3.63, 3.8) is 0 Å².